The Morgan fingerprint density at radius 2 is 2.29 bits per heavy atom. The molecular formula is C14H18N4O3. The summed E-state index contributed by atoms with van der Waals surface area (Å²) in [5.74, 6) is 1.19. The molecule has 112 valence electrons. The summed E-state index contributed by atoms with van der Waals surface area (Å²) in [7, 11) is 1.56. The Hall–Kier alpha value is -2.75. The van der Waals surface area contributed by atoms with Crippen molar-refractivity contribution in [3.63, 3.8) is 0 Å². The number of nitriles is 1. The smallest absolute Gasteiger partial charge is 0.332 e. The summed E-state index contributed by atoms with van der Waals surface area (Å²) < 4.78 is 10.8. The van der Waals surface area contributed by atoms with Crippen LogP contribution in [0.3, 0.4) is 0 Å². The van der Waals surface area contributed by atoms with Crippen molar-refractivity contribution in [2.24, 2.45) is 10.8 Å². The van der Waals surface area contributed by atoms with E-state index in [4.69, 9.17) is 20.5 Å². The molecule has 0 saturated heterocycles. The fraction of sp³-hybridized carbons (Fsp3) is 0.357. The Kier molecular flexibility index (Phi) is 7.14. The van der Waals surface area contributed by atoms with Crippen LogP contribution in [0, 0.1) is 11.3 Å². The average molecular weight is 290 g/mol. The van der Waals surface area contributed by atoms with E-state index in [1.165, 1.54) is 6.21 Å². The topological polar surface area (TPSA) is 110 Å². The molecule has 0 aliphatic rings. The quantitative estimate of drug-likeness (QED) is 0.432. The van der Waals surface area contributed by atoms with Gasteiger partial charge >= 0.3 is 6.03 Å². The summed E-state index contributed by atoms with van der Waals surface area (Å²) >= 11 is 0. The molecule has 0 atom stereocenters. The van der Waals surface area contributed by atoms with Crippen molar-refractivity contribution in [2.75, 3.05) is 13.7 Å². The van der Waals surface area contributed by atoms with Gasteiger partial charge in [-0.3, -0.25) is 0 Å². The Morgan fingerprint density at radius 1 is 1.48 bits per heavy atom. The maximum atomic E-state index is 10.5. The first-order valence-electron chi connectivity index (χ1n) is 6.43. The molecule has 0 bridgehead atoms. The SMILES string of the molecule is COc1ccc(C=NNC(N)=O)cc1OCCCCC#N. The number of carbonyl (C=O) groups is 1. The zero-order chi connectivity index (χ0) is 15.5. The van der Waals surface area contributed by atoms with E-state index in [2.05, 4.69) is 16.6 Å². The summed E-state index contributed by atoms with van der Waals surface area (Å²) in [4.78, 5) is 10.5. The molecule has 0 unspecified atom stereocenters. The predicted molar refractivity (Wildman–Crippen MR) is 78.3 cm³/mol. The monoisotopic (exact) mass is 290 g/mol. The zero-order valence-electron chi connectivity index (χ0n) is 11.8. The summed E-state index contributed by atoms with van der Waals surface area (Å²) in [5, 5.41) is 12.1. The second kappa shape index (κ2) is 9.20. The highest BCUT2D eigenvalue weighted by atomic mass is 16.5. The number of urea groups is 1. The van der Waals surface area contributed by atoms with E-state index >= 15 is 0 Å². The highest BCUT2D eigenvalue weighted by Gasteiger charge is 2.05. The van der Waals surface area contributed by atoms with Crippen molar-refractivity contribution in [2.45, 2.75) is 19.3 Å². The molecule has 0 fully saturated rings. The van der Waals surface area contributed by atoms with Crippen LogP contribution in [-0.4, -0.2) is 26.0 Å². The van der Waals surface area contributed by atoms with E-state index in [0.29, 0.717) is 24.5 Å². The molecule has 7 heteroatoms. The van der Waals surface area contributed by atoms with Gasteiger partial charge in [-0.1, -0.05) is 0 Å². The van der Waals surface area contributed by atoms with Gasteiger partial charge in [-0.2, -0.15) is 10.4 Å². The van der Waals surface area contributed by atoms with Gasteiger partial charge in [-0.05, 0) is 36.6 Å². The molecule has 0 aliphatic carbocycles. The van der Waals surface area contributed by atoms with Crippen LogP contribution in [0.5, 0.6) is 11.5 Å². The number of rotatable bonds is 8. The highest BCUT2D eigenvalue weighted by Crippen LogP contribution is 2.27. The van der Waals surface area contributed by atoms with Crippen LogP contribution >= 0.6 is 0 Å². The Morgan fingerprint density at radius 3 is 2.95 bits per heavy atom. The van der Waals surface area contributed by atoms with Crippen molar-refractivity contribution < 1.29 is 14.3 Å². The lowest BCUT2D eigenvalue weighted by atomic mass is 10.2. The van der Waals surface area contributed by atoms with Gasteiger partial charge in [0.25, 0.3) is 0 Å². The number of nitrogens with two attached hydrogens (primary N) is 1. The number of nitrogens with one attached hydrogen (secondary N) is 1. The van der Waals surface area contributed by atoms with E-state index in [9.17, 15) is 4.79 Å². The van der Waals surface area contributed by atoms with Gasteiger partial charge in [0, 0.05) is 6.42 Å². The van der Waals surface area contributed by atoms with Crippen LogP contribution in [0.25, 0.3) is 0 Å². The largest absolute Gasteiger partial charge is 0.493 e. The van der Waals surface area contributed by atoms with Gasteiger partial charge in [0.15, 0.2) is 11.5 Å². The Labute approximate surface area is 123 Å². The summed E-state index contributed by atoms with van der Waals surface area (Å²) in [6.07, 6.45) is 3.56. The number of ether oxygens (including phenoxy) is 2. The number of hydrogen-bond donors (Lipinski definition) is 2. The molecule has 1 aromatic rings. The second-order valence-electron chi connectivity index (χ2n) is 4.11. The lowest BCUT2D eigenvalue weighted by Gasteiger charge is -2.11. The minimum atomic E-state index is -0.728. The lowest BCUT2D eigenvalue weighted by Crippen LogP contribution is -2.24. The first-order chi connectivity index (χ1) is 10.2. The van der Waals surface area contributed by atoms with Crippen LogP contribution in [0.2, 0.25) is 0 Å². The van der Waals surface area contributed by atoms with Crippen LogP contribution in [0.4, 0.5) is 4.79 Å². The van der Waals surface area contributed by atoms with E-state index in [-0.39, 0.29) is 0 Å². The average Bonchev–Trinajstić information content (AvgIpc) is 2.47. The van der Waals surface area contributed by atoms with Crippen molar-refractivity contribution in [1.29, 1.82) is 5.26 Å². The van der Waals surface area contributed by atoms with E-state index in [1.807, 2.05) is 0 Å². The number of hydrogen-bond acceptors (Lipinski definition) is 5. The van der Waals surface area contributed by atoms with Crippen LogP contribution in [-0.2, 0) is 0 Å². The first-order valence-corrected chi connectivity index (χ1v) is 6.43. The normalized spacial score (nSPS) is 10.1. The van der Waals surface area contributed by atoms with Crippen molar-refractivity contribution in [3.8, 4) is 17.6 Å². The van der Waals surface area contributed by atoms with E-state index < -0.39 is 6.03 Å². The number of carbonyl (C=O) groups excluding carboxylic acids is 1. The second-order valence-corrected chi connectivity index (χ2v) is 4.11. The molecule has 0 radical (unpaired) electrons. The summed E-state index contributed by atoms with van der Waals surface area (Å²) in [6.45, 7) is 0.498. The van der Waals surface area contributed by atoms with Crippen molar-refractivity contribution in [3.05, 3.63) is 23.8 Å². The summed E-state index contributed by atoms with van der Waals surface area (Å²) in [6, 6.07) is 6.62. The minimum Gasteiger partial charge on any atom is -0.493 e. The molecule has 3 N–H and O–H groups in total. The molecule has 0 spiro atoms. The zero-order valence-corrected chi connectivity index (χ0v) is 11.8. The number of primary amides is 1. The fourth-order valence-corrected chi connectivity index (χ4v) is 1.55. The molecule has 1 aromatic carbocycles. The number of methoxy groups -OCH3 is 1. The standard InChI is InChI=1S/C14H18N4O3/c1-20-12-6-5-11(10-17-18-14(16)19)9-13(12)21-8-4-2-3-7-15/h5-6,9-10H,2-4,8H2,1H3,(H3,16,18,19). The molecule has 0 aromatic heterocycles. The van der Waals surface area contributed by atoms with Crippen LogP contribution in [0.1, 0.15) is 24.8 Å². The molecular weight excluding hydrogens is 272 g/mol. The van der Waals surface area contributed by atoms with Crippen molar-refractivity contribution >= 4 is 12.2 Å². The molecule has 2 amide bonds. The van der Waals surface area contributed by atoms with Gasteiger partial charge in [0.2, 0.25) is 0 Å². The number of amides is 2. The van der Waals surface area contributed by atoms with Gasteiger partial charge in [0.05, 0.1) is 26.0 Å². The maximum absolute atomic E-state index is 10.5. The first kappa shape index (κ1) is 16.3. The highest BCUT2D eigenvalue weighted by molar-refractivity contribution is 5.82. The maximum Gasteiger partial charge on any atom is 0.332 e. The number of hydrazone groups is 1. The van der Waals surface area contributed by atoms with Crippen LogP contribution in [0.15, 0.2) is 23.3 Å². The van der Waals surface area contributed by atoms with E-state index in [0.717, 1.165) is 18.4 Å². The number of nitrogens with zero attached hydrogens (tertiary/aromatic N) is 2. The lowest BCUT2D eigenvalue weighted by molar-refractivity contribution is 0.249. The molecule has 0 heterocycles. The van der Waals surface area contributed by atoms with Gasteiger partial charge in [-0.25, -0.2) is 10.2 Å². The molecule has 0 saturated carbocycles. The third-order valence-electron chi connectivity index (χ3n) is 2.52. The van der Waals surface area contributed by atoms with Gasteiger partial charge in [0.1, 0.15) is 0 Å². The van der Waals surface area contributed by atoms with Crippen molar-refractivity contribution in [1.82, 2.24) is 5.43 Å². The molecule has 7 nitrogen and oxygen atoms in total. The van der Waals surface area contributed by atoms with E-state index in [1.54, 1.807) is 25.3 Å². The number of unbranched alkanes of at least 4 members (excludes halogenated alkanes) is 2. The molecule has 1 rings (SSSR count). The molecule has 21 heavy (non-hydrogen) atoms. The summed E-state index contributed by atoms with van der Waals surface area (Å²) in [5.41, 5.74) is 7.75. The third kappa shape index (κ3) is 6.29. The third-order valence-corrected chi connectivity index (χ3v) is 2.52. The Balaban J connectivity index is 2.65. The van der Waals surface area contributed by atoms with Gasteiger partial charge < -0.3 is 15.2 Å². The molecule has 0 aliphatic heterocycles. The fourth-order valence-electron chi connectivity index (χ4n) is 1.55. The predicted octanol–water partition coefficient (Wildman–Crippen LogP) is 1.77. The Bertz CT molecular complexity index is 538. The number of benzene rings is 1. The van der Waals surface area contributed by atoms with Crippen LogP contribution < -0.4 is 20.6 Å². The van der Waals surface area contributed by atoms with Gasteiger partial charge in [-0.15, -0.1) is 0 Å². The minimum absolute atomic E-state index is 0.498.